The molecule has 1 N–H and O–H groups in total. The molecule has 0 heterocycles. The van der Waals surface area contributed by atoms with Gasteiger partial charge < -0.3 is 18.9 Å². The summed E-state index contributed by atoms with van der Waals surface area (Å²) in [5.41, 5.74) is 0. The normalized spacial score (nSPS) is 14.0. The Hall–Kier alpha value is -1.51. The van der Waals surface area contributed by atoms with Gasteiger partial charge in [-0.15, -0.1) is 0 Å². The second-order valence-electron chi connectivity index (χ2n) is 14.7. The molecule has 0 aliphatic rings. The average molecular weight is 731 g/mol. The summed E-state index contributed by atoms with van der Waals surface area (Å²) in [7, 11) is 1.47. The predicted octanol–water partition coefficient (Wildman–Crippen LogP) is 10.8. The lowest BCUT2D eigenvalue weighted by Gasteiger charge is -2.24. The summed E-state index contributed by atoms with van der Waals surface area (Å²) in [6, 6.07) is 0. The Kier molecular flexibility index (Phi) is 32.3. The molecule has 0 aliphatic heterocycles. The van der Waals surface area contributed by atoms with E-state index in [4.69, 9.17) is 18.5 Å². The fourth-order valence-corrected chi connectivity index (χ4v) is 5.95. The van der Waals surface area contributed by atoms with Crippen LogP contribution in [0, 0.1) is 0 Å². The molecule has 0 bridgehead atoms. The number of esters is 2. The summed E-state index contributed by atoms with van der Waals surface area (Å²) in [5, 5.41) is 0. The topological polar surface area (TPSA) is 108 Å². The highest BCUT2D eigenvalue weighted by atomic mass is 31.2. The van der Waals surface area contributed by atoms with Crippen LogP contribution in [0.3, 0.4) is 0 Å². The molecular formula is C40H77NO8P+. The van der Waals surface area contributed by atoms with Crippen molar-refractivity contribution in [3.05, 3.63) is 24.3 Å². The zero-order valence-corrected chi connectivity index (χ0v) is 33.8. The van der Waals surface area contributed by atoms with Gasteiger partial charge in [0.05, 0.1) is 27.7 Å². The third-order valence-electron chi connectivity index (χ3n) is 8.45. The number of ether oxygens (including phenoxy) is 2. The predicted molar refractivity (Wildman–Crippen MR) is 206 cm³/mol. The van der Waals surface area contributed by atoms with Gasteiger partial charge in [-0.3, -0.25) is 18.6 Å². The van der Waals surface area contributed by atoms with Gasteiger partial charge in [-0.05, 0) is 51.4 Å². The second kappa shape index (κ2) is 33.3. The molecule has 0 aromatic rings. The molecule has 9 nitrogen and oxygen atoms in total. The first-order valence-corrected chi connectivity index (χ1v) is 21.6. The zero-order chi connectivity index (χ0) is 37.2. The second-order valence-corrected chi connectivity index (χ2v) is 16.1. The lowest BCUT2D eigenvalue weighted by atomic mass is 10.1. The van der Waals surface area contributed by atoms with Crippen molar-refractivity contribution in [3.8, 4) is 0 Å². The molecule has 0 aromatic carbocycles. The summed E-state index contributed by atoms with van der Waals surface area (Å²) >= 11 is 0. The Morgan fingerprint density at radius 2 is 1.02 bits per heavy atom. The number of unbranched alkanes of at least 4 members (excludes halogenated alkanes) is 18. The number of likely N-dealkylation sites (N-methyl/N-ethyl adjacent to an activating group) is 1. The van der Waals surface area contributed by atoms with Crippen molar-refractivity contribution in [2.24, 2.45) is 0 Å². The molecule has 2 atom stereocenters. The lowest BCUT2D eigenvalue weighted by molar-refractivity contribution is -0.870. The van der Waals surface area contributed by atoms with Crippen molar-refractivity contribution in [3.63, 3.8) is 0 Å². The fourth-order valence-electron chi connectivity index (χ4n) is 5.21. The van der Waals surface area contributed by atoms with Crippen molar-refractivity contribution < 1.29 is 42.1 Å². The molecule has 0 aromatic heterocycles. The highest BCUT2D eigenvalue weighted by Crippen LogP contribution is 2.43. The maximum absolute atomic E-state index is 12.6. The number of phosphoric acid groups is 1. The van der Waals surface area contributed by atoms with Crippen molar-refractivity contribution >= 4 is 19.8 Å². The Morgan fingerprint density at radius 1 is 0.600 bits per heavy atom. The maximum atomic E-state index is 12.6. The molecule has 1 unspecified atom stereocenters. The van der Waals surface area contributed by atoms with E-state index >= 15 is 0 Å². The number of allylic oxidation sites excluding steroid dienone is 4. The zero-order valence-electron chi connectivity index (χ0n) is 32.9. The SMILES string of the molecule is CCCC/C=C/CCCCCCCCCCCC(=O)O[C@H](COC(=O)CCCCCCC/C=C/CCCC)COP(=O)(O)OCC[N+](C)(C)C. The number of nitrogens with zero attached hydrogens (tertiary/aromatic N) is 1. The largest absolute Gasteiger partial charge is 0.472 e. The number of carbonyl (C=O) groups excluding carboxylic acids is 2. The van der Waals surface area contributed by atoms with Crippen LogP contribution >= 0.6 is 7.82 Å². The van der Waals surface area contributed by atoms with Crippen LogP contribution in [-0.2, 0) is 32.7 Å². The minimum atomic E-state index is -4.37. The molecule has 0 radical (unpaired) electrons. The van der Waals surface area contributed by atoms with Crippen LogP contribution < -0.4 is 0 Å². The summed E-state index contributed by atoms with van der Waals surface area (Å²) in [4.78, 5) is 35.2. The highest BCUT2D eigenvalue weighted by molar-refractivity contribution is 7.47. The smallest absolute Gasteiger partial charge is 0.462 e. The van der Waals surface area contributed by atoms with Crippen LogP contribution in [0.25, 0.3) is 0 Å². The number of hydrogen-bond donors (Lipinski definition) is 1. The van der Waals surface area contributed by atoms with Crippen molar-refractivity contribution in [2.75, 3.05) is 47.5 Å². The Morgan fingerprint density at radius 3 is 1.48 bits per heavy atom. The van der Waals surface area contributed by atoms with Crippen LogP contribution in [0.5, 0.6) is 0 Å². The van der Waals surface area contributed by atoms with E-state index in [1.807, 2.05) is 21.1 Å². The van der Waals surface area contributed by atoms with Gasteiger partial charge in [0.25, 0.3) is 0 Å². The number of rotatable bonds is 36. The first kappa shape index (κ1) is 48.5. The van der Waals surface area contributed by atoms with E-state index in [0.717, 1.165) is 64.2 Å². The molecule has 0 saturated carbocycles. The minimum Gasteiger partial charge on any atom is -0.462 e. The van der Waals surface area contributed by atoms with E-state index in [-0.39, 0.29) is 32.0 Å². The Bertz CT molecular complexity index is 918. The summed E-state index contributed by atoms with van der Waals surface area (Å²) < 4.78 is 34.2. The van der Waals surface area contributed by atoms with Gasteiger partial charge in [0.15, 0.2) is 6.10 Å². The highest BCUT2D eigenvalue weighted by Gasteiger charge is 2.27. The third-order valence-corrected chi connectivity index (χ3v) is 9.44. The van der Waals surface area contributed by atoms with Crippen LogP contribution in [0.15, 0.2) is 24.3 Å². The van der Waals surface area contributed by atoms with E-state index in [9.17, 15) is 19.0 Å². The van der Waals surface area contributed by atoms with Crippen molar-refractivity contribution in [1.29, 1.82) is 0 Å². The number of hydrogen-bond acceptors (Lipinski definition) is 7. The van der Waals surface area contributed by atoms with E-state index < -0.39 is 26.5 Å². The standard InChI is InChI=1S/C40H76NO8P/c1-6-8-10-12-14-16-18-19-20-21-23-25-27-29-31-33-40(43)49-38(37-48-50(44,45)47-35-34-41(3,4)5)36-46-39(42)32-30-28-26-24-22-17-15-13-11-9-7-2/h12-15,38H,6-11,16-37H2,1-5H3/p+1/b14-12+,15-13+/t38-/m1/s1. The van der Waals surface area contributed by atoms with Gasteiger partial charge in [0, 0.05) is 12.8 Å². The molecule has 50 heavy (non-hydrogen) atoms. The van der Waals surface area contributed by atoms with Gasteiger partial charge in [-0.1, -0.05) is 128 Å². The first-order valence-electron chi connectivity index (χ1n) is 20.1. The van der Waals surface area contributed by atoms with Crippen LogP contribution in [-0.4, -0.2) is 74.9 Å². The molecule has 294 valence electrons. The average Bonchev–Trinajstić information content (AvgIpc) is 3.06. The fraction of sp³-hybridized carbons (Fsp3) is 0.850. The van der Waals surface area contributed by atoms with Gasteiger partial charge in [0.2, 0.25) is 0 Å². The first-order chi connectivity index (χ1) is 24.0. The monoisotopic (exact) mass is 731 g/mol. The maximum Gasteiger partial charge on any atom is 0.472 e. The molecule has 0 saturated heterocycles. The summed E-state index contributed by atoms with van der Waals surface area (Å²) in [6.45, 7) is 4.33. The molecule has 0 fully saturated rings. The van der Waals surface area contributed by atoms with Crippen LogP contribution in [0.1, 0.15) is 168 Å². The van der Waals surface area contributed by atoms with E-state index in [0.29, 0.717) is 17.4 Å². The molecule has 0 spiro atoms. The third kappa shape index (κ3) is 36.3. The van der Waals surface area contributed by atoms with Crippen LogP contribution in [0.4, 0.5) is 0 Å². The lowest BCUT2D eigenvalue weighted by Crippen LogP contribution is -2.37. The van der Waals surface area contributed by atoms with Crippen molar-refractivity contribution in [1.82, 2.24) is 0 Å². The van der Waals surface area contributed by atoms with Gasteiger partial charge in [-0.2, -0.15) is 0 Å². The number of carbonyl (C=O) groups is 2. The van der Waals surface area contributed by atoms with Crippen LogP contribution in [0.2, 0.25) is 0 Å². The minimum absolute atomic E-state index is 0.0309. The molecular weight excluding hydrogens is 653 g/mol. The van der Waals surface area contributed by atoms with Gasteiger partial charge >= 0.3 is 19.8 Å². The van der Waals surface area contributed by atoms with Gasteiger partial charge in [-0.25, -0.2) is 4.57 Å². The molecule has 0 rings (SSSR count). The number of phosphoric ester groups is 1. The van der Waals surface area contributed by atoms with E-state index in [1.165, 1.54) is 70.6 Å². The Labute approximate surface area is 307 Å². The number of quaternary nitrogens is 1. The summed E-state index contributed by atoms with van der Waals surface area (Å²) in [5.74, 6) is -0.812. The molecule has 0 amide bonds. The molecule has 10 heteroatoms. The quantitative estimate of drug-likeness (QED) is 0.0223. The van der Waals surface area contributed by atoms with E-state index in [1.54, 1.807) is 0 Å². The Balaban J connectivity index is 4.41. The summed E-state index contributed by atoms with van der Waals surface area (Å²) in [6.07, 6.45) is 33.6. The van der Waals surface area contributed by atoms with Crippen molar-refractivity contribution in [2.45, 2.75) is 174 Å². The molecule has 0 aliphatic carbocycles. The van der Waals surface area contributed by atoms with E-state index in [2.05, 4.69) is 38.2 Å². The van der Waals surface area contributed by atoms with Gasteiger partial charge in [0.1, 0.15) is 19.8 Å².